The van der Waals surface area contributed by atoms with Gasteiger partial charge in [0.15, 0.2) is 16.6 Å². The third-order valence-electron chi connectivity index (χ3n) is 7.08. The molecule has 3 amide bonds. The van der Waals surface area contributed by atoms with Gasteiger partial charge < -0.3 is 19.7 Å². The third kappa shape index (κ3) is 7.83. The molecule has 1 heterocycles. The molecule has 0 saturated heterocycles. The van der Waals surface area contributed by atoms with Crippen LogP contribution in [-0.4, -0.2) is 67.1 Å². The number of aromatic nitrogens is 1. The van der Waals surface area contributed by atoms with Crippen molar-refractivity contribution in [3.05, 3.63) is 69.7 Å². The number of amides is 3. The molecular weight excluding hydrogens is 585 g/mol. The van der Waals surface area contributed by atoms with Crippen LogP contribution < -0.4 is 20.1 Å². The van der Waals surface area contributed by atoms with Gasteiger partial charge in [0.2, 0.25) is 0 Å². The van der Waals surface area contributed by atoms with Crippen molar-refractivity contribution in [2.24, 2.45) is 0 Å². The van der Waals surface area contributed by atoms with E-state index in [1.54, 1.807) is 43.3 Å². The molecule has 43 heavy (non-hydrogen) atoms. The Balaban J connectivity index is 1.34. The molecule has 2 aromatic carbocycles. The van der Waals surface area contributed by atoms with E-state index in [0.717, 1.165) is 21.0 Å². The molecule has 13 heteroatoms. The summed E-state index contributed by atoms with van der Waals surface area (Å²) < 4.78 is 49.9. The number of methoxy groups -OCH3 is 2. The van der Waals surface area contributed by atoms with Crippen LogP contribution in [0.2, 0.25) is 0 Å². The van der Waals surface area contributed by atoms with E-state index in [2.05, 4.69) is 15.6 Å². The number of nitrogens with one attached hydrogen (secondary N) is 2. The van der Waals surface area contributed by atoms with Crippen molar-refractivity contribution in [3.8, 4) is 11.5 Å². The van der Waals surface area contributed by atoms with Crippen LogP contribution in [0.25, 0.3) is 0 Å². The van der Waals surface area contributed by atoms with Gasteiger partial charge in [0, 0.05) is 41.6 Å². The number of carbonyl (C=O) groups is 3. The van der Waals surface area contributed by atoms with Gasteiger partial charge >= 0.3 is 12.1 Å². The number of rotatable bonds is 11. The number of anilines is 1. The monoisotopic (exact) mass is 618 g/mol. The summed E-state index contributed by atoms with van der Waals surface area (Å²) in [6.07, 6.45) is -2.97. The lowest BCUT2D eigenvalue weighted by molar-refractivity contribution is -0.188. The minimum absolute atomic E-state index is 0.0248. The quantitative estimate of drug-likeness (QED) is 0.312. The van der Waals surface area contributed by atoms with Gasteiger partial charge in [-0.2, -0.15) is 13.2 Å². The van der Waals surface area contributed by atoms with Crippen LogP contribution in [0.5, 0.6) is 11.5 Å². The normalized spacial score (nSPS) is 14.4. The Hall–Kier alpha value is -4.13. The predicted octanol–water partition coefficient (Wildman–Crippen LogP) is 5.04. The fourth-order valence-electron chi connectivity index (χ4n) is 4.97. The number of halogens is 3. The van der Waals surface area contributed by atoms with Crippen LogP contribution in [0, 0.1) is 0 Å². The van der Waals surface area contributed by atoms with E-state index in [0.29, 0.717) is 60.0 Å². The van der Waals surface area contributed by atoms with Crippen molar-refractivity contribution < 1.29 is 37.0 Å². The Morgan fingerprint density at radius 2 is 1.79 bits per heavy atom. The number of fused-ring (bicyclic) bond motifs is 1. The summed E-state index contributed by atoms with van der Waals surface area (Å²) in [5, 5.41) is 6.00. The number of ether oxygens (including phenoxy) is 2. The van der Waals surface area contributed by atoms with Crippen molar-refractivity contribution in [2.45, 2.75) is 51.2 Å². The SMILES string of the molecule is CCCN(C(=O)C(F)(F)F)[C@H]1CCc2nc(NC(=O)c3cccc(CCNC(=O)c4ccc(OC)c(OC)c4)c3)sc2C1. The fourth-order valence-corrected chi connectivity index (χ4v) is 6.04. The van der Waals surface area contributed by atoms with Crippen LogP contribution in [0.1, 0.15) is 56.6 Å². The lowest BCUT2D eigenvalue weighted by Crippen LogP contribution is -2.49. The average Bonchev–Trinajstić information content (AvgIpc) is 3.40. The molecule has 0 spiro atoms. The number of nitrogens with zero attached hydrogens (tertiary/aromatic N) is 2. The first kappa shape index (κ1) is 31.8. The molecule has 0 unspecified atom stereocenters. The summed E-state index contributed by atoms with van der Waals surface area (Å²) in [7, 11) is 3.01. The summed E-state index contributed by atoms with van der Waals surface area (Å²) >= 11 is 1.21. The molecule has 0 aliphatic heterocycles. The van der Waals surface area contributed by atoms with Crippen LogP contribution in [-0.2, 0) is 24.1 Å². The van der Waals surface area contributed by atoms with E-state index < -0.39 is 18.1 Å². The number of thiazole rings is 1. The molecule has 230 valence electrons. The van der Waals surface area contributed by atoms with Gasteiger partial charge in [0.05, 0.1) is 19.9 Å². The van der Waals surface area contributed by atoms with Crippen LogP contribution in [0.3, 0.4) is 0 Å². The maximum Gasteiger partial charge on any atom is 0.471 e. The summed E-state index contributed by atoms with van der Waals surface area (Å²) in [5.41, 5.74) is 2.39. The molecule has 0 saturated carbocycles. The zero-order valence-electron chi connectivity index (χ0n) is 24.0. The van der Waals surface area contributed by atoms with Crippen molar-refractivity contribution in [1.82, 2.24) is 15.2 Å². The molecule has 1 atom stereocenters. The minimum Gasteiger partial charge on any atom is -0.493 e. The maximum absolute atomic E-state index is 13.2. The Morgan fingerprint density at radius 1 is 1.05 bits per heavy atom. The minimum atomic E-state index is -4.92. The Labute approximate surface area is 251 Å². The molecule has 1 aliphatic carbocycles. The topological polar surface area (TPSA) is 110 Å². The Kier molecular flexibility index (Phi) is 10.3. The summed E-state index contributed by atoms with van der Waals surface area (Å²) in [6, 6.07) is 11.3. The first-order valence-corrected chi connectivity index (χ1v) is 14.6. The number of hydrogen-bond donors (Lipinski definition) is 2. The largest absolute Gasteiger partial charge is 0.493 e. The van der Waals surface area contributed by atoms with Gasteiger partial charge in [-0.3, -0.25) is 19.7 Å². The second-order valence-corrected chi connectivity index (χ2v) is 11.1. The number of benzene rings is 2. The molecule has 0 bridgehead atoms. The lowest BCUT2D eigenvalue weighted by Gasteiger charge is -2.34. The summed E-state index contributed by atoms with van der Waals surface area (Å²) in [5.74, 6) is -1.50. The first-order valence-electron chi connectivity index (χ1n) is 13.8. The number of alkyl halides is 3. The molecule has 9 nitrogen and oxygen atoms in total. The number of aryl methyl sites for hydroxylation is 1. The van der Waals surface area contributed by atoms with Gasteiger partial charge in [-0.05, 0) is 61.6 Å². The molecule has 0 radical (unpaired) electrons. The highest BCUT2D eigenvalue weighted by Gasteiger charge is 2.45. The molecular formula is C30H33F3N4O5S. The Bertz CT molecular complexity index is 1480. The van der Waals surface area contributed by atoms with Crippen molar-refractivity contribution in [3.63, 3.8) is 0 Å². The summed E-state index contributed by atoms with van der Waals surface area (Å²) in [6.45, 7) is 2.10. The van der Waals surface area contributed by atoms with Crippen LogP contribution in [0.4, 0.5) is 18.3 Å². The fraction of sp³-hybridized carbons (Fsp3) is 0.400. The Morgan fingerprint density at radius 3 is 2.49 bits per heavy atom. The molecule has 1 aromatic heterocycles. The highest BCUT2D eigenvalue weighted by Crippen LogP contribution is 2.33. The second-order valence-electron chi connectivity index (χ2n) is 10.0. The van der Waals surface area contributed by atoms with Gasteiger partial charge in [-0.25, -0.2) is 4.98 Å². The smallest absolute Gasteiger partial charge is 0.471 e. The van der Waals surface area contributed by atoms with Gasteiger partial charge in [-0.15, -0.1) is 11.3 Å². The van der Waals surface area contributed by atoms with Crippen molar-refractivity contribution in [1.29, 1.82) is 0 Å². The molecule has 2 N–H and O–H groups in total. The van der Waals surface area contributed by atoms with Crippen LogP contribution in [0.15, 0.2) is 42.5 Å². The standard InChI is InChI=1S/C30H33F3N4O5S/c1-4-14-37(28(40)30(31,32)33)21-9-10-22-25(17-21)43-29(35-22)36-27(39)19-7-5-6-18(15-19)12-13-34-26(38)20-8-11-23(41-2)24(16-20)42-3/h5-8,11,15-16,21H,4,9-10,12-14,17H2,1-3H3,(H,34,38)(H,35,36,39)/t21-/m0/s1. The average molecular weight is 619 g/mol. The predicted molar refractivity (Wildman–Crippen MR) is 156 cm³/mol. The first-order chi connectivity index (χ1) is 20.5. The van der Waals surface area contributed by atoms with Gasteiger partial charge in [0.25, 0.3) is 11.8 Å². The van der Waals surface area contributed by atoms with Gasteiger partial charge in [-0.1, -0.05) is 19.1 Å². The molecule has 4 rings (SSSR count). The van der Waals surface area contributed by atoms with Crippen molar-refractivity contribution >= 4 is 34.2 Å². The second kappa shape index (κ2) is 13.9. The summed E-state index contributed by atoms with van der Waals surface area (Å²) in [4.78, 5) is 43.8. The zero-order valence-corrected chi connectivity index (χ0v) is 24.9. The highest BCUT2D eigenvalue weighted by molar-refractivity contribution is 7.15. The number of hydrogen-bond acceptors (Lipinski definition) is 7. The molecule has 3 aromatic rings. The molecule has 1 aliphatic rings. The van der Waals surface area contributed by atoms with E-state index >= 15 is 0 Å². The zero-order chi connectivity index (χ0) is 31.1. The van der Waals surface area contributed by atoms with E-state index in [9.17, 15) is 27.6 Å². The van der Waals surface area contributed by atoms with Crippen LogP contribution >= 0.6 is 11.3 Å². The van der Waals surface area contributed by atoms with E-state index in [1.807, 2.05) is 6.07 Å². The highest BCUT2D eigenvalue weighted by atomic mass is 32.1. The lowest BCUT2D eigenvalue weighted by atomic mass is 9.96. The van der Waals surface area contributed by atoms with E-state index in [-0.39, 0.29) is 24.8 Å². The third-order valence-corrected chi connectivity index (χ3v) is 8.11. The van der Waals surface area contributed by atoms with E-state index in [1.165, 1.54) is 25.6 Å². The van der Waals surface area contributed by atoms with Gasteiger partial charge in [0.1, 0.15) is 0 Å². The molecule has 0 fully saturated rings. The van der Waals surface area contributed by atoms with E-state index in [4.69, 9.17) is 9.47 Å². The maximum atomic E-state index is 13.2. The number of carbonyl (C=O) groups excluding carboxylic acids is 3. The van der Waals surface area contributed by atoms with Crippen molar-refractivity contribution in [2.75, 3.05) is 32.6 Å².